The Hall–Kier alpha value is -0.850. The highest BCUT2D eigenvalue weighted by atomic mass is 32.1. The van der Waals surface area contributed by atoms with Crippen molar-refractivity contribution in [3.05, 3.63) is 21.9 Å². The molecule has 1 aromatic rings. The number of aryl methyl sites for hydroxylation is 1. The van der Waals surface area contributed by atoms with Crippen LogP contribution in [0.2, 0.25) is 0 Å². The summed E-state index contributed by atoms with van der Waals surface area (Å²) >= 11 is 1.68. The lowest BCUT2D eigenvalue weighted by atomic mass is 10.1. The Morgan fingerprint density at radius 1 is 1.53 bits per heavy atom. The Morgan fingerprint density at radius 2 is 2.27 bits per heavy atom. The molecule has 80 valence electrons. The summed E-state index contributed by atoms with van der Waals surface area (Å²) in [6.45, 7) is 2.08. The Kier molecular flexibility index (Phi) is 3.40. The maximum atomic E-state index is 9.18. The summed E-state index contributed by atoms with van der Waals surface area (Å²) in [4.78, 5) is 1.18. The van der Waals surface area contributed by atoms with Gasteiger partial charge in [-0.05, 0) is 36.8 Å². The number of rotatable bonds is 3. The molecular weight excluding hydrogens is 204 g/mol. The Labute approximate surface area is 94.9 Å². The molecule has 1 aliphatic rings. The normalized spacial score (nSPS) is 18.9. The van der Waals surface area contributed by atoms with E-state index in [0.29, 0.717) is 6.04 Å². The second kappa shape index (κ2) is 4.78. The molecule has 1 saturated carbocycles. The van der Waals surface area contributed by atoms with E-state index in [1.54, 1.807) is 11.3 Å². The largest absolute Gasteiger partial charge is 0.295 e. The highest BCUT2D eigenvalue weighted by Crippen LogP contribution is 2.26. The monoisotopic (exact) mass is 220 g/mol. The second-order valence-corrected chi connectivity index (χ2v) is 5.13. The van der Waals surface area contributed by atoms with Crippen LogP contribution in [0.25, 0.3) is 0 Å². The summed E-state index contributed by atoms with van der Waals surface area (Å²) in [5, 5.41) is 14.7. The topological polar surface area (TPSA) is 35.8 Å². The fraction of sp³-hybridized carbons (Fsp3) is 0.583. The smallest absolute Gasteiger partial charge is 0.131 e. The van der Waals surface area contributed by atoms with E-state index in [4.69, 9.17) is 0 Å². The third kappa shape index (κ3) is 2.39. The van der Waals surface area contributed by atoms with Crippen molar-refractivity contribution in [3.63, 3.8) is 0 Å². The molecule has 1 aliphatic carbocycles. The van der Waals surface area contributed by atoms with Crippen LogP contribution >= 0.6 is 11.3 Å². The lowest BCUT2D eigenvalue weighted by Crippen LogP contribution is -2.29. The van der Waals surface area contributed by atoms with Gasteiger partial charge in [-0.3, -0.25) is 5.32 Å². The minimum atomic E-state index is -0.104. The molecule has 0 spiro atoms. The van der Waals surface area contributed by atoms with Gasteiger partial charge in [0, 0.05) is 10.9 Å². The van der Waals surface area contributed by atoms with Gasteiger partial charge in [-0.25, -0.2) is 0 Å². The maximum absolute atomic E-state index is 9.18. The predicted octanol–water partition coefficient (Wildman–Crippen LogP) is 3.15. The quantitative estimate of drug-likeness (QED) is 0.849. The van der Waals surface area contributed by atoms with Gasteiger partial charge in [0.2, 0.25) is 0 Å². The summed E-state index contributed by atoms with van der Waals surface area (Å²) < 4.78 is 0. The van der Waals surface area contributed by atoms with Crippen LogP contribution in [0.1, 0.15) is 42.2 Å². The number of thiophene rings is 1. The first-order valence-electron chi connectivity index (χ1n) is 5.51. The van der Waals surface area contributed by atoms with Gasteiger partial charge in [0.05, 0.1) is 6.07 Å². The van der Waals surface area contributed by atoms with Gasteiger partial charge in [0.25, 0.3) is 0 Å². The standard InChI is InChI=1S/C12H16N2S/c1-9-6-7-15-12(9)11(8-13)14-10-4-2-3-5-10/h6-7,10-11,14H,2-5H2,1H3. The van der Waals surface area contributed by atoms with E-state index in [-0.39, 0.29) is 6.04 Å². The molecule has 1 unspecified atom stereocenters. The van der Waals surface area contributed by atoms with Gasteiger partial charge in [-0.2, -0.15) is 5.26 Å². The lowest BCUT2D eigenvalue weighted by molar-refractivity contribution is 0.495. The zero-order chi connectivity index (χ0) is 10.7. The first-order chi connectivity index (χ1) is 7.31. The fourth-order valence-electron chi connectivity index (χ4n) is 2.18. The molecule has 0 saturated heterocycles. The van der Waals surface area contributed by atoms with Crippen LogP contribution in [0.3, 0.4) is 0 Å². The molecule has 15 heavy (non-hydrogen) atoms. The van der Waals surface area contributed by atoms with Gasteiger partial charge < -0.3 is 0 Å². The van der Waals surface area contributed by atoms with Crippen LogP contribution in [0.4, 0.5) is 0 Å². The zero-order valence-electron chi connectivity index (χ0n) is 8.99. The number of nitrogens with one attached hydrogen (secondary N) is 1. The van der Waals surface area contributed by atoms with Crippen LogP contribution in [0.15, 0.2) is 11.4 Å². The molecule has 1 aromatic heterocycles. The van der Waals surface area contributed by atoms with Crippen molar-refractivity contribution < 1.29 is 0 Å². The number of hydrogen-bond acceptors (Lipinski definition) is 3. The zero-order valence-corrected chi connectivity index (χ0v) is 9.81. The summed E-state index contributed by atoms with van der Waals surface area (Å²) in [6, 6.07) is 4.90. The average Bonchev–Trinajstić information content (AvgIpc) is 2.85. The van der Waals surface area contributed by atoms with E-state index < -0.39 is 0 Å². The Morgan fingerprint density at radius 3 is 2.80 bits per heavy atom. The molecule has 0 radical (unpaired) electrons. The van der Waals surface area contributed by atoms with Gasteiger partial charge in [0.1, 0.15) is 6.04 Å². The number of nitrogens with zero attached hydrogens (tertiary/aromatic N) is 1. The Balaban J connectivity index is 2.05. The molecule has 1 fully saturated rings. The molecule has 0 aliphatic heterocycles. The van der Waals surface area contributed by atoms with Crippen LogP contribution in [0.5, 0.6) is 0 Å². The minimum absolute atomic E-state index is 0.104. The van der Waals surface area contributed by atoms with E-state index >= 15 is 0 Å². The molecule has 1 heterocycles. The predicted molar refractivity (Wildman–Crippen MR) is 62.8 cm³/mol. The van der Waals surface area contributed by atoms with Gasteiger partial charge in [0.15, 0.2) is 0 Å². The summed E-state index contributed by atoms with van der Waals surface area (Å²) in [7, 11) is 0. The molecule has 1 N–H and O–H groups in total. The van der Waals surface area contributed by atoms with E-state index in [9.17, 15) is 5.26 Å². The van der Waals surface area contributed by atoms with Gasteiger partial charge in [-0.15, -0.1) is 11.3 Å². The van der Waals surface area contributed by atoms with Crippen LogP contribution in [0, 0.1) is 18.3 Å². The molecular formula is C12H16N2S. The maximum Gasteiger partial charge on any atom is 0.131 e. The molecule has 2 nitrogen and oxygen atoms in total. The fourth-order valence-corrected chi connectivity index (χ4v) is 3.11. The summed E-state index contributed by atoms with van der Waals surface area (Å²) in [6.07, 6.45) is 5.06. The Bertz CT molecular complexity index is 358. The van der Waals surface area contributed by atoms with E-state index in [1.807, 2.05) is 0 Å². The van der Waals surface area contributed by atoms with Crippen molar-refractivity contribution in [2.24, 2.45) is 0 Å². The van der Waals surface area contributed by atoms with Gasteiger partial charge >= 0.3 is 0 Å². The highest BCUT2D eigenvalue weighted by Gasteiger charge is 2.21. The van der Waals surface area contributed by atoms with Gasteiger partial charge in [-0.1, -0.05) is 12.8 Å². The summed E-state index contributed by atoms with van der Waals surface area (Å²) in [5.41, 5.74) is 1.23. The number of hydrogen-bond donors (Lipinski definition) is 1. The van der Waals surface area contributed by atoms with Crippen molar-refractivity contribution in [1.29, 1.82) is 5.26 Å². The molecule has 3 heteroatoms. The first kappa shape index (κ1) is 10.7. The van der Waals surface area contributed by atoms with E-state index in [0.717, 1.165) is 0 Å². The number of nitriles is 1. The SMILES string of the molecule is Cc1ccsc1C(C#N)NC1CCCC1. The highest BCUT2D eigenvalue weighted by molar-refractivity contribution is 7.10. The second-order valence-electron chi connectivity index (χ2n) is 4.18. The molecule has 0 bridgehead atoms. The van der Waals surface area contributed by atoms with E-state index in [2.05, 4.69) is 29.8 Å². The van der Waals surface area contributed by atoms with Crippen molar-refractivity contribution in [2.75, 3.05) is 0 Å². The molecule has 0 aromatic carbocycles. The lowest BCUT2D eigenvalue weighted by Gasteiger charge is -2.16. The molecule has 2 rings (SSSR count). The average molecular weight is 220 g/mol. The van der Waals surface area contributed by atoms with Crippen LogP contribution in [-0.2, 0) is 0 Å². The van der Waals surface area contributed by atoms with Crippen molar-refractivity contribution in [1.82, 2.24) is 5.32 Å². The first-order valence-corrected chi connectivity index (χ1v) is 6.39. The summed E-state index contributed by atoms with van der Waals surface area (Å²) in [5.74, 6) is 0. The third-order valence-electron chi connectivity index (χ3n) is 3.05. The van der Waals surface area contributed by atoms with Crippen molar-refractivity contribution >= 4 is 11.3 Å². The minimum Gasteiger partial charge on any atom is -0.295 e. The van der Waals surface area contributed by atoms with E-state index in [1.165, 1.54) is 36.1 Å². The van der Waals surface area contributed by atoms with Crippen molar-refractivity contribution in [2.45, 2.75) is 44.7 Å². The molecule has 1 atom stereocenters. The molecule has 0 amide bonds. The third-order valence-corrected chi connectivity index (χ3v) is 4.13. The van der Waals surface area contributed by atoms with Crippen LogP contribution < -0.4 is 5.32 Å². The van der Waals surface area contributed by atoms with Crippen LogP contribution in [-0.4, -0.2) is 6.04 Å². The van der Waals surface area contributed by atoms with Crippen molar-refractivity contribution in [3.8, 4) is 6.07 Å².